The van der Waals surface area contributed by atoms with E-state index in [1.54, 1.807) is 21.1 Å². The number of ketones is 2. The van der Waals surface area contributed by atoms with Gasteiger partial charge in [-0.3, -0.25) is 24.1 Å². The number of Topliss-reactive ketones (excluding diaryl/α,β-unsaturated/α-hetero) is 2. The van der Waals surface area contributed by atoms with Crippen LogP contribution in [0.2, 0.25) is 5.02 Å². The number of phenolic OH excluding ortho intramolecular Hbond substituents is 1. The number of nitrogens with zero attached hydrogens (tertiary/aromatic N) is 1. The summed E-state index contributed by atoms with van der Waals surface area (Å²) in [6.45, 7) is -0.0963. The van der Waals surface area contributed by atoms with Crippen molar-refractivity contribution in [2.24, 2.45) is 17.6 Å². The molecule has 0 aliphatic heterocycles. The molecule has 1 aromatic rings. The lowest BCUT2D eigenvalue weighted by Gasteiger charge is -2.50. The van der Waals surface area contributed by atoms with Crippen LogP contribution in [-0.4, -0.2) is 88.0 Å². The van der Waals surface area contributed by atoms with Crippen molar-refractivity contribution in [2.45, 2.75) is 24.5 Å². The van der Waals surface area contributed by atoms with E-state index in [9.17, 15) is 39.6 Å². The zero-order valence-corrected chi connectivity index (χ0v) is 23.5. The zero-order valence-electron chi connectivity index (χ0n) is 21.1. The fraction of sp³-hybridized carbons (Fsp3) is 0.417. The van der Waals surface area contributed by atoms with E-state index in [0.717, 1.165) is 0 Å². The number of nitrogens with one attached hydrogen (secondary N) is 2. The minimum Gasteiger partial charge on any atom is -0.510 e. The van der Waals surface area contributed by atoms with Crippen molar-refractivity contribution in [3.05, 3.63) is 44.9 Å². The average Bonchev–Trinajstić information content (AvgIpc) is 2.78. The topological polar surface area (TPSA) is 203 Å². The first kappa shape index (κ1) is 32.3. The maximum absolute atomic E-state index is 13.6. The quantitative estimate of drug-likeness (QED) is 0.185. The minimum absolute atomic E-state index is 0. The molecule has 8 N–H and O–H groups in total. The Kier molecular flexibility index (Phi) is 9.39. The number of nitrogens with two attached hydrogens (primary N) is 1. The van der Waals surface area contributed by atoms with E-state index in [4.69, 9.17) is 17.3 Å². The number of benzene rings is 1. The van der Waals surface area contributed by atoms with Crippen LogP contribution in [-0.2, 0) is 20.8 Å². The third kappa shape index (κ3) is 4.75. The summed E-state index contributed by atoms with van der Waals surface area (Å²) >= 11 is 6.30. The Hall–Kier alpha value is -2.87. The van der Waals surface area contributed by atoms with Gasteiger partial charge in [0.15, 0.2) is 17.1 Å². The molecule has 214 valence electrons. The van der Waals surface area contributed by atoms with Crippen LogP contribution in [0.15, 0.2) is 28.7 Å². The van der Waals surface area contributed by atoms with Gasteiger partial charge in [0.25, 0.3) is 5.91 Å². The monoisotopic (exact) mass is 606 g/mol. The molecule has 4 rings (SSSR count). The van der Waals surface area contributed by atoms with Gasteiger partial charge in [0.05, 0.1) is 23.2 Å². The number of carbonyl (C=O) groups excluding carboxylic acids is 4. The van der Waals surface area contributed by atoms with Gasteiger partial charge in [0.1, 0.15) is 22.8 Å². The SMILES string of the molecule is CNCC(=O)Nc1c(Cl)cc2c(c1O)C(=O)C1=C(O)[C@]3(O)C(=O)C(C(N)=O)=C(O)[C@@H](N(C)C)C3CC1C2.Cl.Cl. The molecule has 3 aliphatic carbocycles. The number of aliphatic hydroxyl groups excluding tert-OH is 2. The average molecular weight is 608 g/mol. The summed E-state index contributed by atoms with van der Waals surface area (Å²) in [5, 5.41) is 49.6. The number of primary amides is 1. The van der Waals surface area contributed by atoms with Crippen molar-refractivity contribution >= 4 is 65.5 Å². The Labute approximate surface area is 240 Å². The molecule has 15 heteroatoms. The molecule has 0 fully saturated rings. The molecule has 0 bridgehead atoms. The lowest BCUT2D eigenvalue weighted by molar-refractivity contribution is -0.148. The fourth-order valence-corrected chi connectivity index (χ4v) is 6.00. The zero-order chi connectivity index (χ0) is 27.6. The minimum atomic E-state index is -2.73. The largest absolute Gasteiger partial charge is 0.510 e. The summed E-state index contributed by atoms with van der Waals surface area (Å²) in [5.41, 5.74) is 1.30. The predicted molar refractivity (Wildman–Crippen MR) is 146 cm³/mol. The molecule has 0 spiro atoms. The van der Waals surface area contributed by atoms with Crippen molar-refractivity contribution < 1.29 is 39.6 Å². The number of allylic oxidation sites excluding steroid dienone is 1. The van der Waals surface area contributed by atoms with Crippen LogP contribution in [0.25, 0.3) is 0 Å². The molecule has 2 unspecified atom stereocenters. The standard InChI is InChI=1S/C24H27ClN4O8.2ClH/c1-27-7-12(30)28-16-11(25)6-9-4-8-5-10-17(29(2)3)20(33)15(23(26)36)22(35)24(10,37)21(34)14(8)18(31)13(9)19(16)32;;/h6,8,10,17,27,32-34,37H,4-5,7H2,1-3H3,(H2,26,36)(H,28,30);2*1H/t8?,10?,17-,24-;;/m0../s1. The number of hydrogen-bond acceptors (Lipinski definition) is 10. The van der Waals surface area contributed by atoms with E-state index >= 15 is 0 Å². The number of fused-ring (bicyclic) bond motifs is 3. The van der Waals surface area contributed by atoms with Crippen molar-refractivity contribution in [3.8, 4) is 5.75 Å². The molecular weight excluding hydrogens is 579 g/mol. The molecule has 39 heavy (non-hydrogen) atoms. The molecule has 0 heterocycles. The highest BCUT2D eigenvalue weighted by molar-refractivity contribution is 6.35. The first-order valence-electron chi connectivity index (χ1n) is 11.4. The van der Waals surface area contributed by atoms with Crippen LogP contribution in [0.5, 0.6) is 5.75 Å². The molecule has 0 radical (unpaired) electrons. The van der Waals surface area contributed by atoms with E-state index in [0.29, 0.717) is 5.56 Å². The number of carbonyl (C=O) groups is 4. The molecule has 1 aromatic carbocycles. The summed E-state index contributed by atoms with van der Waals surface area (Å²) in [4.78, 5) is 52.5. The molecule has 0 aromatic heterocycles. The predicted octanol–water partition coefficient (Wildman–Crippen LogP) is 0.775. The summed E-state index contributed by atoms with van der Waals surface area (Å²) in [6, 6.07) is 0.350. The molecular formula is C24H29Cl3N4O8. The van der Waals surface area contributed by atoms with E-state index in [1.165, 1.54) is 11.0 Å². The van der Waals surface area contributed by atoms with Crippen LogP contribution in [0.3, 0.4) is 0 Å². The number of likely N-dealkylation sites (N-methyl/N-ethyl adjacent to an activating group) is 2. The first-order chi connectivity index (χ1) is 17.3. The number of aliphatic hydroxyl groups is 3. The van der Waals surface area contributed by atoms with E-state index in [-0.39, 0.29) is 66.0 Å². The number of aromatic hydroxyl groups is 1. The van der Waals surface area contributed by atoms with Crippen LogP contribution in [0.4, 0.5) is 5.69 Å². The summed E-state index contributed by atoms with van der Waals surface area (Å²) in [7, 11) is 4.64. The number of amides is 2. The van der Waals surface area contributed by atoms with E-state index in [1.807, 2.05) is 0 Å². The number of rotatable bonds is 5. The highest BCUT2D eigenvalue weighted by atomic mass is 35.5. The third-order valence-corrected chi connectivity index (χ3v) is 7.57. The summed E-state index contributed by atoms with van der Waals surface area (Å²) < 4.78 is 0. The number of phenols is 1. The van der Waals surface area contributed by atoms with Crippen LogP contribution in [0.1, 0.15) is 22.3 Å². The van der Waals surface area contributed by atoms with Crippen LogP contribution in [0, 0.1) is 11.8 Å². The van der Waals surface area contributed by atoms with Crippen molar-refractivity contribution in [3.63, 3.8) is 0 Å². The lowest BCUT2D eigenvalue weighted by atomic mass is 9.58. The Balaban J connectivity index is 0.00000267. The van der Waals surface area contributed by atoms with Gasteiger partial charge < -0.3 is 36.8 Å². The van der Waals surface area contributed by atoms with Gasteiger partial charge in [0.2, 0.25) is 11.7 Å². The maximum Gasteiger partial charge on any atom is 0.255 e. The van der Waals surface area contributed by atoms with E-state index < -0.39 is 69.7 Å². The van der Waals surface area contributed by atoms with E-state index in [2.05, 4.69) is 10.6 Å². The van der Waals surface area contributed by atoms with Crippen LogP contribution >= 0.6 is 36.4 Å². The smallest absolute Gasteiger partial charge is 0.255 e. The summed E-state index contributed by atoms with van der Waals surface area (Å²) in [6.07, 6.45) is 0.0529. The van der Waals surface area contributed by atoms with Crippen molar-refractivity contribution in [1.29, 1.82) is 0 Å². The number of halogens is 3. The Morgan fingerprint density at radius 2 is 1.82 bits per heavy atom. The summed E-state index contributed by atoms with van der Waals surface area (Å²) in [5.74, 6) is -8.09. The highest BCUT2D eigenvalue weighted by Crippen LogP contribution is 2.53. The highest BCUT2D eigenvalue weighted by Gasteiger charge is 2.63. The Morgan fingerprint density at radius 3 is 2.36 bits per heavy atom. The Morgan fingerprint density at radius 1 is 1.21 bits per heavy atom. The van der Waals surface area contributed by atoms with Gasteiger partial charge in [-0.2, -0.15) is 0 Å². The van der Waals surface area contributed by atoms with Gasteiger partial charge in [-0.05, 0) is 51.5 Å². The molecule has 0 saturated carbocycles. The Bertz CT molecular complexity index is 1330. The van der Waals surface area contributed by atoms with Gasteiger partial charge in [-0.25, -0.2) is 0 Å². The second-order valence-electron chi connectivity index (χ2n) is 9.66. The fourth-order valence-electron chi connectivity index (χ4n) is 5.73. The molecule has 4 atom stereocenters. The molecule has 12 nitrogen and oxygen atoms in total. The third-order valence-electron chi connectivity index (χ3n) is 7.27. The lowest BCUT2D eigenvalue weighted by Crippen LogP contribution is -2.63. The van der Waals surface area contributed by atoms with Gasteiger partial charge in [-0.15, -0.1) is 24.8 Å². The van der Waals surface area contributed by atoms with Crippen molar-refractivity contribution in [1.82, 2.24) is 10.2 Å². The van der Waals surface area contributed by atoms with Crippen molar-refractivity contribution in [2.75, 3.05) is 33.0 Å². The van der Waals surface area contributed by atoms with Crippen LogP contribution < -0.4 is 16.4 Å². The molecule has 0 saturated heterocycles. The maximum atomic E-state index is 13.6. The van der Waals surface area contributed by atoms with Gasteiger partial charge in [0, 0.05) is 11.5 Å². The second-order valence-corrected chi connectivity index (χ2v) is 10.1. The second kappa shape index (κ2) is 11.3. The number of anilines is 1. The van der Waals surface area contributed by atoms with Gasteiger partial charge in [-0.1, -0.05) is 11.6 Å². The van der Waals surface area contributed by atoms with Gasteiger partial charge >= 0.3 is 0 Å². The number of hydrogen-bond donors (Lipinski definition) is 7. The first-order valence-corrected chi connectivity index (χ1v) is 11.8. The molecule has 3 aliphatic rings. The normalized spacial score (nSPS) is 25.7. The molecule has 2 amide bonds.